The Labute approximate surface area is 334 Å². The van der Waals surface area contributed by atoms with Crippen molar-refractivity contribution in [3.05, 3.63) is 131 Å². The standard InChI is InChI=1S/C46H52N4O7/c51-30-32-13-15-36(16-14-32)42-25-40(29-49-23-7-12-39(49)28-48-21-4-5-22-48)56-45(57-42)37-19-17-35(18-20-37)38-11-6-10-34(24-38)27-50-43(52)26-41(44(50)53)47-46(54)55-31-33-8-2-1-3-9-33/h1-3,6,8-11,13-20,24,39-42,45,51H,4-5,7,12,21-23,25-31H2,(H,47,54)/t39-,40+,41?,42-,45-/m0/s1. The predicted molar refractivity (Wildman–Crippen MR) is 214 cm³/mol. The molecule has 11 nitrogen and oxygen atoms in total. The number of aliphatic hydroxyl groups is 1. The number of hydrogen-bond donors (Lipinski definition) is 2. The van der Waals surface area contributed by atoms with Gasteiger partial charge in [-0.15, -0.1) is 0 Å². The number of nitrogens with one attached hydrogen (secondary N) is 1. The van der Waals surface area contributed by atoms with Gasteiger partial charge in [0, 0.05) is 31.1 Å². The van der Waals surface area contributed by atoms with Gasteiger partial charge in [0.2, 0.25) is 5.91 Å². The van der Waals surface area contributed by atoms with Gasteiger partial charge in [0.15, 0.2) is 6.29 Å². The highest BCUT2D eigenvalue weighted by atomic mass is 16.7. The first kappa shape index (κ1) is 38.9. The first-order valence-corrected chi connectivity index (χ1v) is 20.4. The largest absolute Gasteiger partial charge is 0.445 e. The average Bonchev–Trinajstić information content (AvgIpc) is 3.99. The van der Waals surface area contributed by atoms with Gasteiger partial charge in [-0.2, -0.15) is 0 Å². The van der Waals surface area contributed by atoms with Crippen molar-refractivity contribution < 1.29 is 33.7 Å². The third-order valence-electron chi connectivity index (χ3n) is 11.8. The minimum atomic E-state index is -0.966. The molecular weight excluding hydrogens is 721 g/mol. The number of ether oxygens (including phenoxy) is 3. The normalized spacial score (nSPS) is 24.3. The monoisotopic (exact) mass is 772 g/mol. The highest BCUT2D eigenvalue weighted by Crippen LogP contribution is 2.39. The van der Waals surface area contributed by atoms with Gasteiger partial charge in [0.1, 0.15) is 12.6 Å². The number of benzene rings is 4. The van der Waals surface area contributed by atoms with Gasteiger partial charge in [-0.25, -0.2) is 4.79 Å². The van der Waals surface area contributed by atoms with Crippen LogP contribution in [-0.4, -0.2) is 88.6 Å². The Morgan fingerprint density at radius 1 is 0.772 bits per heavy atom. The van der Waals surface area contributed by atoms with E-state index in [-0.39, 0.29) is 44.3 Å². The molecule has 57 heavy (non-hydrogen) atoms. The van der Waals surface area contributed by atoms with Crippen LogP contribution in [0.4, 0.5) is 4.79 Å². The van der Waals surface area contributed by atoms with Crippen LogP contribution in [0, 0.1) is 0 Å². The number of nitrogens with zero attached hydrogens (tertiary/aromatic N) is 3. The van der Waals surface area contributed by atoms with Crippen molar-refractivity contribution in [2.24, 2.45) is 0 Å². The van der Waals surface area contributed by atoms with Crippen LogP contribution in [-0.2, 0) is 43.6 Å². The summed E-state index contributed by atoms with van der Waals surface area (Å²) in [4.78, 5) is 45.0. The van der Waals surface area contributed by atoms with Crippen LogP contribution in [0.2, 0.25) is 0 Å². The molecule has 298 valence electrons. The molecule has 8 rings (SSSR count). The molecule has 4 aliphatic rings. The second-order valence-corrected chi connectivity index (χ2v) is 15.8. The Hall–Kier alpha value is -4.91. The van der Waals surface area contributed by atoms with Crippen molar-refractivity contribution in [2.45, 2.75) is 88.9 Å². The predicted octanol–water partition coefficient (Wildman–Crippen LogP) is 6.51. The highest BCUT2D eigenvalue weighted by Gasteiger charge is 2.40. The van der Waals surface area contributed by atoms with E-state index in [9.17, 15) is 19.5 Å². The molecule has 4 heterocycles. The molecule has 11 heteroatoms. The van der Waals surface area contributed by atoms with Crippen LogP contribution in [0.3, 0.4) is 0 Å². The molecule has 2 N–H and O–H groups in total. The number of carbonyl (C=O) groups excluding carboxylic acids is 3. The van der Waals surface area contributed by atoms with Crippen LogP contribution < -0.4 is 5.32 Å². The minimum Gasteiger partial charge on any atom is -0.445 e. The summed E-state index contributed by atoms with van der Waals surface area (Å²) in [6, 6.07) is 32.9. The van der Waals surface area contributed by atoms with E-state index in [1.165, 1.54) is 43.7 Å². The summed E-state index contributed by atoms with van der Waals surface area (Å²) in [7, 11) is 0. The van der Waals surface area contributed by atoms with Crippen molar-refractivity contribution in [1.82, 2.24) is 20.0 Å². The van der Waals surface area contributed by atoms with Crippen molar-refractivity contribution in [1.29, 1.82) is 0 Å². The zero-order chi connectivity index (χ0) is 39.1. The van der Waals surface area contributed by atoms with E-state index in [0.717, 1.165) is 65.0 Å². The summed E-state index contributed by atoms with van der Waals surface area (Å²) < 4.78 is 18.7. The molecule has 0 saturated carbocycles. The fourth-order valence-corrected chi connectivity index (χ4v) is 8.63. The quantitative estimate of drug-likeness (QED) is 0.147. The first-order chi connectivity index (χ1) is 27.9. The zero-order valence-electron chi connectivity index (χ0n) is 32.3. The molecular formula is C46H52N4O7. The molecule has 4 fully saturated rings. The average molecular weight is 773 g/mol. The van der Waals surface area contributed by atoms with Crippen LogP contribution in [0.1, 0.15) is 78.7 Å². The van der Waals surface area contributed by atoms with Crippen LogP contribution in [0.25, 0.3) is 11.1 Å². The van der Waals surface area contributed by atoms with Gasteiger partial charge in [-0.05, 0) is 84.8 Å². The Balaban J connectivity index is 0.918. The maximum absolute atomic E-state index is 13.2. The Morgan fingerprint density at radius 3 is 2.30 bits per heavy atom. The molecule has 0 spiro atoms. The maximum atomic E-state index is 13.2. The number of likely N-dealkylation sites (tertiary alicyclic amines) is 3. The number of imide groups is 1. The maximum Gasteiger partial charge on any atom is 0.408 e. The molecule has 0 radical (unpaired) electrons. The van der Waals surface area contributed by atoms with E-state index in [2.05, 4.69) is 39.4 Å². The lowest BCUT2D eigenvalue weighted by atomic mass is 9.98. The summed E-state index contributed by atoms with van der Waals surface area (Å²) in [5.74, 6) is -0.796. The van der Waals surface area contributed by atoms with Crippen LogP contribution in [0.5, 0.6) is 0 Å². The lowest BCUT2D eigenvalue weighted by Crippen LogP contribution is -2.45. The molecule has 4 aliphatic heterocycles. The third-order valence-corrected chi connectivity index (χ3v) is 11.8. The smallest absolute Gasteiger partial charge is 0.408 e. The van der Waals surface area contributed by atoms with Gasteiger partial charge in [-0.1, -0.05) is 97.1 Å². The van der Waals surface area contributed by atoms with Gasteiger partial charge in [0.25, 0.3) is 5.91 Å². The SMILES string of the molecule is O=C(NC1CC(=O)N(Cc2cccc(-c3ccc([C@H]4O[C@@H](CN5CCC[C@H]5CN5CCCC5)C[C@@H](c5ccc(CO)cc5)O4)cc3)c2)C1=O)OCc1ccccc1. The topological polar surface area (TPSA) is 121 Å². The molecule has 5 atom stereocenters. The second-order valence-electron chi connectivity index (χ2n) is 15.8. The highest BCUT2D eigenvalue weighted by molar-refractivity contribution is 6.06. The van der Waals surface area contributed by atoms with E-state index in [1.54, 1.807) is 0 Å². The molecule has 0 aromatic heterocycles. The van der Waals surface area contributed by atoms with Crippen LogP contribution in [0.15, 0.2) is 103 Å². The van der Waals surface area contributed by atoms with Crippen LogP contribution >= 0.6 is 0 Å². The molecule has 1 unspecified atom stereocenters. The van der Waals surface area contributed by atoms with Crippen molar-refractivity contribution >= 4 is 17.9 Å². The Morgan fingerprint density at radius 2 is 1.53 bits per heavy atom. The zero-order valence-corrected chi connectivity index (χ0v) is 32.3. The molecule has 4 aromatic rings. The van der Waals surface area contributed by atoms with E-state index in [1.807, 2.05) is 78.9 Å². The van der Waals surface area contributed by atoms with E-state index < -0.39 is 24.3 Å². The second kappa shape index (κ2) is 18.1. The lowest BCUT2D eigenvalue weighted by Gasteiger charge is -2.39. The van der Waals surface area contributed by atoms with Gasteiger partial charge < -0.3 is 29.5 Å². The molecule has 4 saturated heterocycles. The third kappa shape index (κ3) is 9.63. The fourth-order valence-electron chi connectivity index (χ4n) is 8.63. The molecule has 4 aromatic carbocycles. The van der Waals surface area contributed by atoms with Gasteiger partial charge in [0.05, 0.1) is 31.8 Å². The number of carbonyl (C=O) groups is 3. The summed E-state index contributed by atoms with van der Waals surface area (Å²) in [5, 5.41) is 12.2. The number of alkyl carbamates (subject to hydrolysis) is 1. The van der Waals surface area contributed by atoms with Crippen molar-refractivity contribution in [3.63, 3.8) is 0 Å². The van der Waals surface area contributed by atoms with Crippen molar-refractivity contribution in [3.8, 4) is 11.1 Å². The fraction of sp³-hybridized carbons (Fsp3) is 0.413. The molecule has 0 aliphatic carbocycles. The number of amides is 3. The number of rotatable bonds is 13. The summed E-state index contributed by atoms with van der Waals surface area (Å²) in [5.41, 5.74) is 6.43. The number of hydrogen-bond acceptors (Lipinski definition) is 9. The minimum absolute atomic E-state index is 0.00312. The van der Waals surface area contributed by atoms with E-state index in [4.69, 9.17) is 14.2 Å². The Bertz CT molecular complexity index is 1990. The van der Waals surface area contributed by atoms with Crippen molar-refractivity contribution in [2.75, 3.05) is 32.7 Å². The summed E-state index contributed by atoms with van der Waals surface area (Å²) >= 11 is 0. The lowest BCUT2D eigenvalue weighted by molar-refractivity contribution is -0.253. The van der Waals surface area contributed by atoms with Gasteiger partial charge in [-0.3, -0.25) is 19.4 Å². The summed E-state index contributed by atoms with van der Waals surface area (Å²) in [6.45, 7) is 5.68. The molecule has 3 amide bonds. The van der Waals surface area contributed by atoms with Gasteiger partial charge >= 0.3 is 6.09 Å². The van der Waals surface area contributed by atoms with E-state index >= 15 is 0 Å². The summed E-state index contributed by atoms with van der Waals surface area (Å²) in [6.07, 6.45) is 4.25. The molecule has 0 bridgehead atoms. The first-order valence-electron chi connectivity index (χ1n) is 20.4. The number of aliphatic hydroxyl groups excluding tert-OH is 1. The van der Waals surface area contributed by atoms with E-state index in [0.29, 0.717) is 6.04 Å². The Kier molecular flexibility index (Phi) is 12.4.